The van der Waals surface area contributed by atoms with E-state index in [1.807, 2.05) is 0 Å². The second kappa shape index (κ2) is 5.71. The van der Waals surface area contributed by atoms with Gasteiger partial charge in [-0.1, -0.05) is 19.1 Å². The SMILES string of the molecule is CCN1CCN(S(=O)(=O)c2c(C)cccc2N)CC1C. The fraction of sp³-hybridized carbons (Fsp3) is 0.571. The fourth-order valence-corrected chi connectivity index (χ4v) is 4.64. The third kappa shape index (κ3) is 2.68. The number of anilines is 1. The van der Waals surface area contributed by atoms with Crippen molar-refractivity contribution in [2.24, 2.45) is 0 Å². The molecule has 0 radical (unpaired) electrons. The van der Waals surface area contributed by atoms with Crippen LogP contribution in [0.4, 0.5) is 5.69 Å². The van der Waals surface area contributed by atoms with Crippen molar-refractivity contribution < 1.29 is 8.42 Å². The number of nitrogen functional groups attached to an aromatic ring is 1. The third-order valence-corrected chi connectivity index (χ3v) is 6.06. The minimum atomic E-state index is -3.51. The molecular weight excluding hydrogens is 274 g/mol. The number of hydrogen-bond acceptors (Lipinski definition) is 4. The molecule has 20 heavy (non-hydrogen) atoms. The van der Waals surface area contributed by atoms with E-state index in [2.05, 4.69) is 18.7 Å². The molecule has 0 aliphatic carbocycles. The molecule has 112 valence electrons. The summed E-state index contributed by atoms with van der Waals surface area (Å²) in [6.07, 6.45) is 0. The topological polar surface area (TPSA) is 66.6 Å². The van der Waals surface area contributed by atoms with E-state index in [0.717, 1.165) is 13.1 Å². The second-order valence-corrected chi connectivity index (χ2v) is 7.21. The maximum absolute atomic E-state index is 12.8. The van der Waals surface area contributed by atoms with Crippen molar-refractivity contribution in [1.82, 2.24) is 9.21 Å². The van der Waals surface area contributed by atoms with Gasteiger partial charge in [0.15, 0.2) is 0 Å². The quantitative estimate of drug-likeness (QED) is 0.854. The van der Waals surface area contributed by atoms with E-state index in [9.17, 15) is 8.42 Å². The van der Waals surface area contributed by atoms with Crippen LogP contribution in [-0.2, 0) is 10.0 Å². The molecule has 0 spiro atoms. The van der Waals surface area contributed by atoms with Crippen molar-refractivity contribution in [2.45, 2.75) is 31.7 Å². The summed E-state index contributed by atoms with van der Waals surface area (Å²) in [4.78, 5) is 2.55. The van der Waals surface area contributed by atoms with Crippen LogP contribution in [0, 0.1) is 6.92 Å². The van der Waals surface area contributed by atoms with Gasteiger partial charge < -0.3 is 5.73 Å². The highest BCUT2D eigenvalue weighted by Crippen LogP contribution is 2.27. The van der Waals surface area contributed by atoms with Crippen molar-refractivity contribution in [1.29, 1.82) is 0 Å². The number of nitrogens with two attached hydrogens (primary N) is 1. The smallest absolute Gasteiger partial charge is 0.245 e. The van der Waals surface area contributed by atoms with E-state index in [0.29, 0.717) is 24.3 Å². The number of hydrogen-bond donors (Lipinski definition) is 1. The minimum Gasteiger partial charge on any atom is -0.398 e. The number of aryl methyl sites for hydroxylation is 1. The Kier molecular flexibility index (Phi) is 4.36. The maximum atomic E-state index is 12.8. The van der Waals surface area contributed by atoms with E-state index in [4.69, 9.17) is 5.73 Å². The Labute approximate surface area is 121 Å². The average molecular weight is 297 g/mol. The highest BCUT2D eigenvalue weighted by molar-refractivity contribution is 7.89. The number of nitrogens with zero attached hydrogens (tertiary/aromatic N) is 2. The van der Waals surface area contributed by atoms with Crippen LogP contribution in [0.25, 0.3) is 0 Å². The number of sulfonamides is 1. The molecule has 1 aromatic carbocycles. The Bertz CT molecular complexity index is 566. The van der Waals surface area contributed by atoms with Crippen LogP contribution in [0.15, 0.2) is 23.1 Å². The number of likely N-dealkylation sites (N-methyl/N-ethyl adjacent to an activating group) is 1. The third-order valence-electron chi connectivity index (χ3n) is 3.97. The summed E-state index contributed by atoms with van der Waals surface area (Å²) in [6.45, 7) is 8.70. The lowest BCUT2D eigenvalue weighted by atomic mass is 10.2. The first kappa shape index (κ1) is 15.3. The molecule has 0 aromatic heterocycles. The van der Waals surface area contributed by atoms with Gasteiger partial charge in [-0.15, -0.1) is 0 Å². The first-order chi connectivity index (χ1) is 9.37. The van der Waals surface area contributed by atoms with Gasteiger partial charge in [0.1, 0.15) is 4.90 Å². The summed E-state index contributed by atoms with van der Waals surface area (Å²) in [6, 6.07) is 5.44. The van der Waals surface area contributed by atoms with Gasteiger partial charge in [-0.3, -0.25) is 4.90 Å². The van der Waals surface area contributed by atoms with Crippen molar-refractivity contribution >= 4 is 15.7 Å². The molecule has 0 bridgehead atoms. The molecule has 2 rings (SSSR count). The van der Waals surface area contributed by atoms with Crippen LogP contribution < -0.4 is 5.73 Å². The van der Waals surface area contributed by atoms with Gasteiger partial charge in [0.25, 0.3) is 0 Å². The average Bonchev–Trinajstić information content (AvgIpc) is 2.38. The van der Waals surface area contributed by atoms with E-state index in [-0.39, 0.29) is 10.9 Å². The zero-order valence-electron chi connectivity index (χ0n) is 12.3. The molecule has 2 N–H and O–H groups in total. The summed E-state index contributed by atoms with van der Waals surface area (Å²) in [5, 5.41) is 0. The van der Waals surface area contributed by atoms with Crippen LogP contribution in [-0.4, -0.2) is 49.8 Å². The molecule has 1 aromatic rings. The predicted molar refractivity (Wildman–Crippen MR) is 81.1 cm³/mol. The lowest BCUT2D eigenvalue weighted by molar-refractivity contribution is 0.135. The monoisotopic (exact) mass is 297 g/mol. The van der Waals surface area contributed by atoms with Gasteiger partial charge in [0.05, 0.1) is 5.69 Å². The predicted octanol–water partition coefficient (Wildman–Crippen LogP) is 1.29. The molecule has 6 heteroatoms. The molecule has 1 saturated heterocycles. The second-order valence-electron chi connectivity index (χ2n) is 5.33. The zero-order valence-corrected chi connectivity index (χ0v) is 13.2. The van der Waals surface area contributed by atoms with Crippen LogP contribution >= 0.6 is 0 Å². The van der Waals surface area contributed by atoms with Crippen molar-refractivity contribution in [3.05, 3.63) is 23.8 Å². The van der Waals surface area contributed by atoms with E-state index in [1.165, 1.54) is 0 Å². The minimum absolute atomic E-state index is 0.230. The first-order valence-corrected chi connectivity index (χ1v) is 8.41. The Morgan fingerprint density at radius 3 is 2.60 bits per heavy atom. The van der Waals surface area contributed by atoms with Gasteiger partial charge in [-0.25, -0.2) is 8.42 Å². The van der Waals surface area contributed by atoms with Crippen LogP contribution in [0.2, 0.25) is 0 Å². The van der Waals surface area contributed by atoms with Crippen molar-refractivity contribution in [3.8, 4) is 0 Å². The number of rotatable bonds is 3. The molecule has 1 aliphatic rings. The van der Waals surface area contributed by atoms with Crippen molar-refractivity contribution in [3.63, 3.8) is 0 Å². The molecule has 1 atom stereocenters. The molecule has 5 nitrogen and oxygen atoms in total. The summed E-state index contributed by atoms with van der Waals surface area (Å²) in [5.74, 6) is 0. The normalized spacial score (nSPS) is 22.1. The van der Waals surface area contributed by atoms with Crippen LogP contribution in [0.3, 0.4) is 0 Å². The first-order valence-electron chi connectivity index (χ1n) is 6.97. The Morgan fingerprint density at radius 1 is 1.35 bits per heavy atom. The molecule has 1 heterocycles. The molecular formula is C14H23N3O2S. The zero-order chi connectivity index (χ0) is 14.9. The highest BCUT2D eigenvalue weighted by atomic mass is 32.2. The van der Waals surface area contributed by atoms with Crippen molar-refractivity contribution in [2.75, 3.05) is 31.9 Å². The standard InChI is InChI=1S/C14H23N3O2S/c1-4-16-8-9-17(10-12(16)3)20(18,19)14-11(2)6-5-7-13(14)15/h5-7,12H,4,8-10,15H2,1-3H3. The summed E-state index contributed by atoms with van der Waals surface area (Å²) >= 11 is 0. The van der Waals surface area contributed by atoms with Gasteiger partial charge in [0.2, 0.25) is 10.0 Å². The maximum Gasteiger partial charge on any atom is 0.245 e. The van der Waals surface area contributed by atoms with Gasteiger partial charge in [-0.2, -0.15) is 4.31 Å². The number of benzene rings is 1. The Morgan fingerprint density at radius 2 is 2.05 bits per heavy atom. The summed E-state index contributed by atoms with van der Waals surface area (Å²) in [5.41, 5.74) is 6.92. The van der Waals surface area contributed by atoms with E-state index in [1.54, 1.807) is 29.4 Å². The lowest BCUT2D eigenvalue weighted by Gasteiger charge is -2.38. The number of piperazine rings is 1. The summed E-state index contributed by atoms with van der Waals surface area (Å²) < 4.78 is 27.2. The van der Waals surface area contributed by atoms with Crippen LogP contribution in [0.1, 0.15) is 19.4 Å². The van der Waals surface area contributed by atoms with Gasteiger partial charge in [0, 0.05) is 25.7 Å². The Hall–Kier alpha value is -1.11. The molecule has 1 fully saturated rings. The highest BCUT2D eigenvalue weighted by Gasteiger charge is 2.33. The fourth-order valence-electron chi connectivity index (χ4n) is 2.81. The van der Waals surface area contributed by atoms with Crippen LogP contribution in [0.5, 0.6) is 0 Å². The van der Waals surface area contributed by atoms with Gasteiger partial charge >= 0.3 is 0 Å². The largest absolute Gasteiger partial charge is 0.398 e. The van der Waals surface area contributed by atoms with Gasteiger partial charge in [-0.05, 0) is 32.0 Å². The molecule has 1 unspecified atom stereocenters. The van der Waals surface area contributed by atoms with E-state index >= 15 is 0 Å². The summed E-state index contributed by atoms with van der Waals surface area (Å²) in [7, 11) is -3.51. The van der Waals surface area contributed by atoms with E-state index < -0.39 is 10.0 Å². The molecule has 0 amide bonds. The molecule has 1 aliphatic heterocycles. The lowest BCUT2D eigenvalue weighted by Crippen LogP contribution is -2.53. The molecule has 0 saturated carbocycles. The Balaban J connectivity index is 2.33.